The first kappa shape index (κ1) is 29.3. The second kappa shape index (κ2) is 11.9. The van der Waals surface area contributed by atoms with Crippen LogP contribution in [0.1, 0.15) is 72.7 Å². The van der Waals surface area contributed by atoms with E-state index < -0.39 is 0 Å². The van der Waals surface area contributed by atoms with Crippen LogP contribution in [-0.2, 0) is 5.41 Å². The average Bonchev–Trinajstić information content (AvgIpc) is 3.75. The number of aryl methyl sites for hydroxylation is 1. The maximum Gasteiger partial charge on any atom is 0.314 e. The van der Waals surface area contributed by atoms with Crippen LogP contribution >= 0.6 is 12.2 Å². The Labute approximate surface area is 274 Å². The number of piperidine rings is 2. The van der Waals surface area contributed by atoms with Gasteiger partial charge in [0.05, 0.1) is 11.0 Å². The molecular weight excluding hydrogens is 593 g/mol. The summed E-state index contributed by atoms with van der Waals surface area (Å²) in [7, 11) is 0. The van der Waals surface area contributed by atoms with E-state index in [1.165, 1.54) is 36.8 Å². The van der Waals surface area contributed by atoms with E-state index in [0.717, 1.165) is 55.8 Å². The Kier molecular flexibility index (Phi) is 7.61. The van der Waals surface area contributed by atoms with Crippen LogP contribution in [0.4, 0.5) is 0 Å². The van der Waals surface area contributed by atoms with Gasteiger partial charge < -0.3 is 14.0 Å². The quantitative estimate of drug-likeness (QED) is 0.187. The van der Waals surface area contributed by atoms with Crippen molar-refractivity contribution in [2.75, 3.05) is 19.6 Å². The Bertz CT molecular complexity index is 1910. The van der Waals surface area contributed by atoms with E-state index in [2.05, 4.69) is 81.1 Å². The Morgan fingerprint density at radius 1 is 0.935 bits per heavy atom. The zero-order chi connectivity index (χ0) is 31.3. The van der Waals surface area contributed by atoms with Crippen LogP contribution < -0.4 is 0 Å². The summed E-state index contributed by atoms with van der Waals surface area (Å²) in [5, 5.41) is 2.74. The highest BCUT2D eigenvalue weighted by Crippen LogP contribution is 2.45. The lowest BCUT2D eigenvalue weighted by molar-refractivity contribution is 0.0607. The van der Waals surface area contributed by atoms with Crippen molar-refractivity contribution in [1.82, 2.24) is 29.5 Å². The molecule has 0 saturated carbocycles. The topological polar surface area (TPSA) is 83.2 Å². The maximum absolute atomic E-state index is 13.7. The van der Waals surface area contributed by atoms with Crippen LogP contribution in [0, 0.1) is 11.8 Å². The summed E-state index contributed by atoms with van der Waals surface area (Å²) >= 11 is 5.01. The molecule has 1 amide bonds. The molecular formula is C37H40N6O2S. The molecule has 3 aromatic carbocycles. The minimum absolute atomic E-state index is 0.0584. The van der Waals surface area contributed by atoms with Crippen molar-refractivity contribution < 1.29 is 9.32 Å². The smallest absolute Gasteiger partial charge is 0.314 e. The highest BCUT2D eigenvalue weighted by Gasteiger charge is 2.44. The lowest BCUT2D eigenvalue weighted by Gasteiger charge is -2.45. The Balaban J connectivity index is 0.970. The van der Waals surface area contributed by atoms with E-state index in [-0.39, 0.29) is 16.2 Å². The Morgan fingerprint density at radius 2 is 1.67 bits per heavy atom. The molecule has 236 valence electrons. The SMILES string of the molecule is Cc1nc2ccccc2n1C1C[C@H]2CC[C@@H](C1)N2CCC1(c2ccccc2)CCN(C(=O)c2cccc(-c3nc(=S)o[nH]3)c2)CC1. The molecule has 0 aliphatic carbocycles. The van der Waals surface area contributed by atoms with Crippen LogP contribution in [0.15, 0.2) is 83.4 Å². The second-order valence-electron chi connectivity index (χ2n) is 13.5. The van der Waals surface area contributed by atoms with Gasteiger partial charge >= 0.3 is 4.84 Å². The van der Waals surface area contributed by atoms with Gasteiger partial charge in [-0.3, -0.25) is 9.69 Å². The van der Waals surface area contributed by atoms with Crippen molar-refractivity contribution >= 4 is 29.2 Å². The number of aromatic nitrogens is 4. The first-order valence-electron chi connectivity index (χ1n) is 16.7. The maximum atomic E-state index is 13.7. The van der Waals surface area contributed by atoms with Crippen LogP contribution in [0.2, 0.25) is 0 Å². The number of carbonyl (C=O) groups excluding carboxylic acids is 1. The standard InChI is InChI=1S/C37H40N6O2S/c1-25-38-32-12-5-6-13-33(32)43(25)31-23-29-14-15-30(24-31)42(29)21-18-37(28-10-3-2-4-11-28)16-19-41(20-17-37)35(44)27-9-7-8-26(22-27)34-39-36(46)45-40-34/h2-13,22,29-31H,14-21,23-24H2,1H3,(H,39,40,46)/t29-,30+,31?. The molecule has 3 aliphatic heterocycles. The van der Waals surface area contributed by atoms with Crippen molar-refractivity contribution in [3.05, 3.63) is 101 Å². The molecule has 3 fully saturated rings. The van der Waals surface area contributed by atoms with Gasteiger partial charge in [-0.05, 0) is 106 Å². The molecule has 5 heterocycles. The Hall–Kier alpha value is -4.08. The van der Waals surface area contributed by atoms with Crippen molar-refractivity contribution in [2.45, 2.75) is 75.4 Å². The number of nitrogens with zero attached hydrogens (tertiary/aromatic N) is 5. The zero-order valence-electron chi connectivity index (χ0n) is 26.3. The molecule has 46 heavy (non-hydrogen) atoms. The van der Waals surface area contributed by atoms with Gasteiger partial charge in [-0.25, -0.2) is 10.1 Å². The molecule has 2 bridgehead atoms. The number of para-hydroxylation sites is 2. The number of nitrogens with one attached hydrogen (secondary N) is 1. The molecule has 8 nitrogen and oxygen atoms in total. The van der Waals surface area contributed by atoms with Gasteiger partial charge in [-0.1, -0.05) is 54.6 Å². The third-order valence-electron chi connectivity index (χ3n) is 11.1. The number of carbonyl (C=O) groups is 1. The van der Waals surface area contributed by atoms with Crippen molar-refractivity contribution in [1.29, 1.82) is 0 Å². The first-order chi connectivity index (χ1) is 22.5. The van der Waals surface area contributed by atoms with Crippen molar-refractivity contribution in [3.8, 4) is 11.4 Å². The number of H-pyrrole nitrogens is 1. The van der Waals surface area contributed by atoms with E-state index in [1.807, 2.05) is 29.2 Å². The lowest BCUT2D eigenvalue weighted by atomic mass is 9.70. The van der Waals surface area contributed by atoms with E-state index in [4.69, 9.17) is 21.7 Å². The fourth-order valence-electron chi connectivity index (χ4n) is 8.74. The third kappa shape index (κ3) is 5.29. The lowest BCUT2D eigenvalue weighted by Crippen LogP contribution is -2.49. The van der Waals surface area contributed by atoms with Crippen LogP contribution in [-0.4, -0.2) is 67.1 Å². The number of amides is 1. The van der Waals surface area contributed by atoms with Gasteiger partial charge in [0.25, 0.3) is 5.91 Å². The molecule has 3 atom stereocenters. The number of benzene rings is 3. The summed E-state index contributed by atoms with van der Waals surface area (Å²) < 4.78 is 7.62. The molecule has 8 rings (SSSR count). The molecule has 1 N–H and O–H groups in total. The average molecular weight is 633 g/mol. The monoisotopic (exact) mass is 632 g/mol. The van der Waals surface area contributed by atoms with Crippen molar-refractivity contribution in [2.24, 2.45) is 0 Å². The molecule has 3 aliphatic rings. The number of imidazole rings is 1. The minimum Gasteiger partial charge on any atom is -0.348 e. The fourth-order valence-corrected chi connectivity index (χ4v) is 8.87. The molecule has 0 spiro atoms. The second-order valence-corrected chi connectivity index (χ2v) is 13.8. The number of fused-ring (bicyclic) bond motifs is 3. The minimum atomic E-state index is 0.0584. The van der Waals surface area contributed by atoms with Crippen molar-refractivity contribution in [3.63, 3.8) is 0 Å². The molecule has 9 heteroatoms. The van der Waals surface area contributed by atoms with Crippen LogP contribution in [0.3, 0.4) is 0 Å². The summed E-state index contributed by atoms with van der Waals surface area (Å²) in [6.07, 6.45) is 7.99. The van der Waals surface area contributed by atoms with Gasteiger partial charge in [-0.15, -0.1) is 0 Å². The normalized spacial score (nSPS) is 22.8. The van der Waals surface area contributed by atoms with E-state index in [1.54, 1.807) is 0 Å². The van der Waals surface area contributed by atoms with E-state index in [0.29, 0.717) is 29.5 Å². The molecule has 2 aromatic heterocycles. The summed E-state index contributed by atoms with van der Waals surface area (Å²) in [5.41, 5.74) is 5.30. The van der Waals surface area contributed by atoms with Gasteiger partial charge in [0, 0.05) is 42.3 Å². The van der Waals surface area contributed by atoms with Gasteiger partial charge in [0.15, 0.2) is 5.82 Å². The Morgan fingerprint density at radius 3 is 2.41 bits per heavy atom. The predicted molar refractivity (Wildman–Crippen MR) is 181 cm³/mol. The third-order valence-corrected chi connectivity index (χ3v) is 11.2. The van der Waals surface area contributed by atoms with Crippen LogP contribution in [0.25, 0.3) is 22.4 Å². The molecule has 0 radical (unpaired) electrons. The first-order valence-corrected chi connectivity index (χ1v) is 17.1. The number of aromatic amines is 1. The molecule has 5 aromatic rings. The number of rotatable bonds is 7. The molecule has 3 saturated heterocycles. The van der Waals surface area contributed by atoms with Gasteiger partial charge in [-0.2, -0.15) is 4.98 Å². The van der Waals surface area contributed by atoms with E-state index >= 15 is 0 Å². The fraction of sp³-hybridized carbons (Fsp3) is 0.405. The highest BCUT2D eigenvalue weighted by atomic mass is 32.1. The number of hydrogen-bond donors (Lipinski definition) is 1. The van der Waals surface area contributed by atoms with E-state index in [9.17, 15) is 4.79 Å². The zero-order valence-corrected chi connectivity index (χ0v) is 27.1. The molecule has 1 unspecified atom stereocenters. The summed E-state index contributed by atoms with van der Waals surface area (Å²) in [6, 6.07) is 28.9. The summed E-state index contributed by atoms with van der Waals surface area (Å²) in [4.78, 5) is 27.8. The largest absolute Gasteiger partial charge is 0.348 e. The van der Waals surface area contributed by atoms with Crippen LogP contribution in [0.5, 0.6) is 0 Å². The number of likely N-dealkylation sites (tertiary alicyclic amines) is 1. The number of hydrogen-bond acceptors (Lipinski definition) is 6. The summed E-state index contributed by atoms with van der Waals surface area (Å²) in [5.74, 6) is 1.73. The summed E-state index contributed by atoms with van der Waals surface area (Å²) in [6.45, 7) is 4.76. The van der Waals surface area contributed by atoms with Gasteiger partial charge in [0.2, 0.25) is 0 Å². The highest BCUT2D eigenvalue weighted by molar-refractivity contribution is 7.71. The van der Waals surface area contributed by atoms with Gasteiger partial charge in [0.1, 0.15) is 5.82 Å². The predicted octanol–water partition coefficient (Wildman–Crippen LogP) is 7.49.